The van der Waals surface area contributed by atoms with Crippen LogP contribution in [0.1, 0.15) is 16.8 Å². The van der Waals surface area contributed by atoms with Crippen LogP contribution in [0.25, 0.3) is 0 Å². The smallest absolute Gasteiger partial charge is 0.251 e. The third-order valence-corrected chi connectivity index (χ3v) is 2.68. The van der Waals surface area contributed by atoms with Gasteiger partial charge in [0.05, 0.1) is 6.33 Å². The monoisotopic (exact) mass is 261 g/mol. The zero-order chi connectivity index (χ0) is 13.7. The molecular weight excluding hydrogens is 246 g/mol. The van der Waals surface area contributed by atoms with Gasteiger partial charge in [0.25, 0.3) is 5.91 Å². The van der Waals surface area contributed by atoms with Crippen LogP contribution in [0, 0.1) is 0 Å². The Hall–Kier alpha value is -2.50. The minimum atomic E-state index is -0.300. The third-order valence-electron chi connectivity index (χ3n) is 2.68. The summed E-state index contributed by atoms with van der Waals surface area (Å²) in [7, 11) is 0. The lowest BCUT2D eigenvalue weighted by Gasteiger charge is -2.06. The number of hydrogen-bond acceptors (Lipinski definition) is 4. The molecule has 0 aliphatic rings. The number of aromatic hydroxyl groups is 2. The molecule has 6 heteroatoms. The highest BCUT2D eigenvalue weighted by Crippen LogP contribution is 2.24. The average molecular weight is 261 g/mol. The molecule has 0 atom stereocenters. The largest absolute Gasteiger partial charge is 0.504 e. The van der Waals surface area contributed by atoms with Crippen molar-refractivity contribution in [2.24, 2.45) is 0 Å². The summed E-state index contributed by atoms with van der Waals surface area (Å²) < 4.78 is 1.93. The van der Waals surface area contributed by atoms with Gasteiger partial charge >= 0.3 is 0 Å². The van der Waals surface area contributed by atoms with Crippen molar-refractivity contribution >= 4 is 5.91 Å². The van der Waals surface area contributed by atoms with Crippen molar-refractivity contribution < 1.29 is 15.0 Å². The summed E-state index contributed by atoms with van der Waals surface area (Å²) >= 11 is 0. The second kappa shape index (κ2) is 5.90. The Morgan fingerprint density at radius 2 is 2.16 bits per heavy atom. The molecule has 0 bridgehead atoms. The Morgan fingerprint density at radius 3 is 2.84 bits per heavy atom. The van der Waals surface area contributed by atoms with Crippen molar-refractivity contribution in [1.29, 1.82) is 0 Å². The Bertz CT molecular complexity index is 552. The first-order valence-electron chi connectivity index (χ1n) is 5.93. The fourth-order valence-electron chi connectivity index (χ4n) is 1.65. The van der Waals surface area contributed by atoms with E-state index in [0.29, 0.717) is 12.1 Å². The third kappa shape index (κ3) is 3.48. The number of carbonyl (C=O) groups is 1. The van der Waals surface area contributed by atoms with Crippen molar-refractivity contribution in [3.05, 3.63) is 42.5 Å². The van der Waals surface area contributed by atoms with Crippen molar-refractivity contribution in [2.45, 2.75) is 13.0 Å². The maximum atomic E-state index is 11.7. The number of phenols is 2. The molecule has 2 aromatic rings. The molecule has 0 unspecified atom stereocenters. The van der Waals surface area contributed by atoms with Gasteiger partial charge in [-0.25, -0.2) is 4.98 Å². The van der Waals surface area contributed by atoms with Crippen molar-refractivity contribution in [1.82, 2.24) is 14.9 Å². The van der Waals surface area contributed by atoms with Crippen LogP contribution in [0.5, 0.6) is 11.5 Å². The summed E-state index contributed by atoms with van der Waals surface area (Å²) in [6, 6.07) is 3.98. The Kier molecular flexibility index (Phi) is 4.02. The molecule has 0 aliphatic carbocycles. The van der Waals surface area contributed by atoms with E-state index >= 15 is 0 Å². The lowest BCUT2D eigenvalue weighted by Crippen LogP contribution is -2.25. The number of aryl methyl sites for hydroxylation is 1. The highest BCUT2D eigenvalue weighted by atomic mass is 16.3. The van der Waals surface area contributed by atoms with Crippen LogP contribution in [0.4, 0.5) is 0 Å². The second-order valence-electron chi connectivity index (χ2n) is 4.11. The van der Waals surface area contributed by atoms with Gasteiger partial charge in [-0.1, -0.05) is 0 Å². The molecule has 1 aromatic heterocycles. The minimum absolute atomic E-state index is 0.239. The topological polar surface area (TPSA) is 87.4 Å². The predicted octanol–water partition coefficient (Wildman–Crippen LogP) is 1.11. The van der Waals surface area contributed by atoms with E-state index < -0.39 is 0 Å². The normalized spacial score (nSPS) is 10.3. The molecule has 1 aromatic carbocycles. The number of benzene rings is 1. The number of nitrogens with zero attached hydrogens (tertiary/aromatic N) is 2. The van der Waals surface area contributed by atoms with E-state index in [1.807, 2.05) is 10.8 Å². The molecule has 19 heavy (non-hydrogen) atoms. The first-order chi connectivity index (χ1) is 9.16. The van der Waals surface area contributed by atoms with Crippen molar-refractivity contribution in [2.75, 3.05) is 6.54 Å². The number of carbonyl (C=O) groups excluding carboxylic acids is 1. The van der Waals surface area contributed by atoms with Gasteiger partial charge in [0.2, 0.25) is 0 Å². The Balaban J connectivity index is 1.79. The van der Waals surface area contributed by atoms with Gasteiger partial charge in [0, 0.05) is 31.0 Å². The fourth-order valence-corrected chi connectivity index (χ4v) is 1.65. The number of phenolic OH excluding ortho intramolecular Hbond substituents is 2. The number of aromatic nitrogens is 2. The average Bonchev–Trinajstić information content (AvgIpc) is 2.91. The molecule has 0 radical (unpaired) electrons. The summed E-state index contributed by atoms with van der Waals surface area (Å²) in [5.74, 6) is -0.816. The molecular formula is C13H15N3O3. The van der Waals surface area contributed by atoms with Crippen LogP contribution in [-0.2, 0) is 6.54 Å². The molecule has 0 fully saturated rings. The molecule has 1 amide bonds. The van der Waals surface area contributed by atoms with E-state index in [2.05, 4.69) is 10.3 Å². The van der Waals surface area contributed by atoms with Gasteiger partial charge in [0.1, 0.15) is 0 Å². The summed E-state index contributed by atoms with van der Waals surface area (Å²) in [5.41, 5.74) is 0.318. The van der Waals surface area contributed by atoms with E-state index in [-0.39, 0.29) is 17.4 Å². The Morgan fingerprint density at radius 1 is 1.32 bits per heavy atom. The minimum Gasteiger partial charge on any atom is -0.504 e. The van der Waals surface area contributed by atoms with Gasteiger partial charge in [-0.15, -0.1) is 0 Å². The molecule has 0 saturated carbocycles. The quantitative estimate of drug-likeness (QED) is 0.556. The van der Waals surface area contributed by atoms with Gasteiger partial charge in [-0.3, -0.25) is 4.79 Å². The van der Waals surface area contributed by atoms with Crippen LogP contribution in [-0.4, -0.2) is 32.2 Å². The molecule has 0 aliphatic heterocycles. The maximum Gasteiger partial charge on any atom is 0.251 e. The zero-order valence-electron chi connectivity index (χ0n) is 10.3. The van der Waals surface area contributed by atoms with Crippen molar-refractivity contribution in [3.63, 3.8) is 0 Å². The molecule has 3 N–H and O–H groups in total. The van der Waals surface area contributed by atoms with E-state index in [0.717, 1.165) is 13.0 Å². The van der Waals surface area contributed by atoms with Crippen LogP contribution in [0.15, 0.2) is 36.9 Å². The Labute approximate surface area is 110 Å². The van der Waals surface area contributed by atoms with Crippen LogP contribution in [0.3, 0.4) is 0 Å². The van der Waals surface area contributed by atoms with Gasteiger partial charge in [-0.2, -0.15) is 0 Å². The first-order valence-corrected chi connectivity index (χ1v) is 5.93. The molecule has 0 saturated heterocycles. The molecule has 100 valence electrons. The van der Waals surface area contributed by atoms with Crippen LogP contribution in [0.2, 0.25) is 0 Å². The lowest BCUT2D eigenvalue weighted by atomic mass is 10.2. The first kappa shape index (κ1) is 12.9. The predicted molar refractivity (Wildman–Crippen MR) is 68.9 cm³/mol. The SMILES string of the molecule is O=C(NCCCn1ccnc1)c1ccc(O)c(O)c1. The molecule has 6 nitrogen and oxygen atoms in total. The molecule has 1 heterocycles. The van der Waals surface area contributed by atoms with Gasteiger partial charge < -0.3 is 20.1 Å². The van der Waals surface area contributed by atoms with Crippen LogP contribution < -0.4 is 5.32 Å². The number of rotatable bonds is 5. The van der Waals surface area contributed by atoms with Gasteiger partial charge in [-0.05, 0) is 24.6 Å². The number of hydrogen-bond donors (Lipinski definition) is 3. The van der Waals surface area contributed by atoms with E-state index in [4.69, 9.17) is 5.11 Å². The highest BCUT2D eigenvalue weighted by molar-refractivity contribution is 5.94. The summed E-state index contributed by atoms with van der Waals surface area (Å²) in [6.45, 7) is 1.31. The standard InChI is InChI=1S/C13H15N3O3/c17-11-3-2-10(8-12(11)18)13(19)15-4-1-6-16-7-5-14-9-16/h2-3,5,7-9,17-18H,1,4,6H2,(H,15,19). The summed E-state index contributed by atoms with van der Waals surface area (Å²) in [6.07, 6.45) is 6.07. The second-order valence-corrected chi connectivity index (χ2v) is 4.11. The van der Waals surface area contributed by atoms with Gasteiger partial charge in [0.15, 0.2) is 11.5 Å². The van der Waals surface area contributed by atoms with Crippen LogP contribution >= 0.6 is 0 Å². The summed E-state index contributed by atoms with van der Waals surface area (Å²) in [4.78, 5) is 15.7. The van der Waals surface area contributed by atoms with Crippen molar-refractivity contribution in [3.8, 4) is 11.5 Å². The zero-order valence-corrected chi connectivity index (χ0v) is 10.3. The number of nitrogens with one attached hydrogen (secondary N) is 1. The molecule has 0 spiro atoms. The summed E-state index contributed by atoms with van der Waals surface area (Å²) in [5, 5.41) is 21.2. The van der Waals surface area contributed by atoms with E-state index in [9.17, 15) is 9.90 Å². The fraction of sp³-hybridized carbons (Fsp3) is 0.231. The molecule has 2 rings (SSSR count). The van der Waals surface area contributed by atoms with E-state index in [1.165, 1.54) is 18.2 Å². The number of amides is 1. The number of imidazole rings is 1. The maximum absolute atomic E-state index is 11.7. The lowest BCUT2D eigenvalue weighted by molar-refractivity contribution is 0.0952. The van der Waals surface area contributed by atoms with E-state index in [1.54, 1.807) is 12.5 Å². The highest BCUT2D eigenvalue weighted by Gasteiger charge is 2.07.